The Morgan fingerprint density at radius 3 is 2.25 bits per heavy atom. The van der Waals surface area contributed by atoms with E-state index < -0.39 is 46.4 Å². The first-order chi connectivity index (χ1) is 18.8. The zero-order valence-electron chi connectivity index (χ0n) is 22.0. The maximum Gasteiger partial charge on any atom is 0.422 e. The molecule has 12 heteroatoms. The second kappa shape index (κ2) is 11.3. The van der Waals surface area contributed by atoms with Crippen LogP contribution in [-0.4, -0.2) is 54.7 Å². The topological polar surface area (TPSA) is 164 Å². The molecule has 40 heavy (non-hydrogen) atoms. The molecule has 0 saturated carbocycles. The first kappa shape index (κ1) is 28.5. The summed E-state index contributed by atoms with van der Waals surface area (Å²) >= 11 is 0. The molecule has 4 aromatic rings. The van der Waals surface area contributed by atoms with Crippen molar-refractivity contribution < 1.29 is 32.6 Å². The molecule has 3 aromatic carbocycles. The lowest BCUT2D eigenvalue weighted by atomic mass is 9.96. The number of aromatic nitrogens is 1. The Hall–Kier alpha value is -4.55. The number of nitrogens with one attached hydrogen (secondary N) is 3. The minimum absolute atomic E-state index is 0.0130. The number of pyridine rings is 1. The lowest BCUT2D eigenvalue weighted by molar-refractivity contribution is -0.138. The predicted molar refractivity (Wildman–Crippen MR) is 150 cm³/mol. The Morgan fingerprint density at radius 1 is 0.900 bits per heavy atom. The van der Waals surface area contributed by atoms with Crippen molar-refractivity contribution in [3.8, 4) is 11.1 Å². The molecule has 0 saturated heterocycles. The summed E-state index contributed by atoms with van der Waals surface area (Å²) in [5.41, 5.74) is 1.36. The van der Waals surface area contributed by atoms with Gasteiger partial charge in [-0.1, -0.05) is 66.7 Å². The van der Waals surface area contributed by atoms with Gasteiger partial charge in [-0.3, -0.25) is 9.59 Å². The van der Waals surface area contributed by atoms with E-state index in [0.29, 0.717) is 5.52 Å². The first-order valence-corrected chi connectivity index (χ1v) is 13.7. The minimum Gasteiger partial charge on any atom is -0.480 e. The molecule has 1 atom stereocenters. The number of carbonyl (C=O) groups is 3. The summed E-state index contributed by atoms with van der Waals surface area (Å²) in [4.78, 5) is 41.0. The number of aliphatic carboxylic acids is 1. The molecule has 1 heterocycles. The van der Waals surface area contributed by atoms with Gasteiger partial charge in [0.15, 0.2) is 0 Å². The summed E-state index contributed by atoms with van der Waals surface area (Å²) in [6, 6.07) is 20.9. The van der Waals surface area contributed by atoms with Crippen molar-refractivity contribution in [1.29, 1.82) is 0 Å². The van der Waals surface area contributed by atoms with E-state index >= 15 is 0 Å². The van der Waals surface area contributed by atoms with Crippen molar-refractivity contribution in [3.05, 3.63) is 78.5 Å². The summed E-state index contributed by atoms with van der Waals surface area (Å²) in [7, 11) is -4.62. The zero-order valence-corrected chi connectivity index (χ0v) is 22.8. The summed E-state index contributed by atoms with van der Waals surface area (Å²) in [6.07, 6.45) is -1.28. The Balaban J connectivity index is 1.54. The molecule has 208 valence electrons. The number of fused-ring (bicyclic) bond motifs is 2. The number of rotatable bonds is 8. The van der Waals surface area contributed by atoms with Gasteiger partial charge in [-0.25, -0.2) is 14.5 Å². The number of hydrogen-bond acceptors (Lipinski definition) is 7. The second-order valence-corrected chi connectivity index (χ2v) is 11.4. The van der Waals surface area contributed by atoms with Crippen LogP contribution in [0, 0.1) is 0 Å². The van der Waals surface area contributed by atoms with E-state index in [2.05, 4.69) is 10.3 Å². The Bertz CT molecular complexity index is 1710. The molecule has 0 aliphatic carbocycles. The van der Waals surface area contributed by atoms with Crippen LogP contribution in [0.1, 0.15) is 31.3 Å². The number of amides is 2. The summed E-state index contributed by atoms with van der Waals surface area (Å²) < 4.78 is 32.8. The van der Waals surface area contributed by atoms with E-state index in [9.17, 15) is 27.9 Å². The lowest BCUT2D eigenvalue weighted by Gasteiger charge is -2.20. The molecule has 0 spiro atoms. The van der Waals surface area contributed by atoms with E-state index in [1.54, 1.807) is 10.8 Å². The van der Waals surface area contributed by atoms with Crippen molar-refractivity contribution in [2.45, 2.75) is 32.4 Å². The molecule has 0 bridgehead atoms. The molecular formula is C28H28N4O7S. The summed E-state index contributed by atoms with van der Waals surface area (Å²) in [5, 5.41) is 14.8. The number of para-hydroxylation sites is 1. The van der Waals surface area contributed by atoms with Crippen LogP contribution in [0.25, 0.3) is 32.8 Å². The molecule has 1 unspecified atom stereocenters. The van der Waals surface area contributed by atoms with Crippen molar-refractivity contribution >= 4 is 49.9 Å². The van der Waals surface area contributed by atoms with Crippen LogP contribution in [0.3, 0.4) is 0 Å². The highest BCUT2D eigenvalue weighted by molar-refractivity contribution is 7.88. The third kappa shape index (κ3) is 6.90. The molecule has 4 N–H and O–H groups in total. The maximum atomic E-state index is 12.9. The number of ether oxygens (including phenoxy) is 1. The fourth-order valence-electron chi connectivity index (χ4n) is 4.04. The Kier molecular flexibility index (Phi) is 8.03. The van der Waals surface area contributed by atoms with E-state index in [1.807, 2.05) is 65.4 Å². The van der Waals surface area contributed by atoms with Gasteiger partial charge in [-0.05, 0) is 43.2 Å². The average Bonchev–Trinajstić information content (AvgIpc) is 2.88. The SMILES string of the molecule is CC(C)(C)OC(=O)NS(=O)(=O)NC(CNC(=O)c1ccc2cccc(-c3cccc4ccccc34)c2n1)C(=O)O. The number of carboxylic acids is 1. The highest BCUT2D eigenvalue weighted by atomic mass is 32.2. The molecule has 0 fully saturated rings. The molecule has 0 radical (unpaired) electrons. The lowest BCUT2D eigenvalue weighted by Crippen LogP contribution is -2.53. The molecule has 11 nitrogen and oxygen atoms in total. The van der Waals surface area contributed by atoms with E-state index in [0.717, 1.165) is 27.3 Å². The number of benzene rings is 3. The van der Waals surface area contributed by atoms with Crippen LogP contribution >= 0.6 is 0 Å². The summed E-state index contributed by atoms with van der Waals surface area (Å²) in [6.45, 7) is 3.99. The average molecular weight is 565 g/mol. The van der Waals surface area contributed by atoms with Gasteiger partial charge in [0.05, 0.1) is 5.52 Å². The van der Waals surface area contributed by atoms with Gasteiger partial charge in [0.1, 0.15) is 17.3 Å². The maximum absolute atomic E-state index is 12.9. The quantitative estimate of drug-likeness (QED) is 0.252. The number of carboxylic acid groups (broad SMARTS) is 1. The van der Waals surface area contributed by atoms with Crippen LogP contribution in [0.5, 0.6) is 0 Å². The third-order valence-corrected chi connectivity index (χ3v) is 6.74. The number of hydrogen-bond donors (Lipinski definition) is 4. The van der Waals surface area contributed by atoms with Gasteiger partial charge in [0, 0.05) is 17.5 Å². The van der Waals surface area contributed by atoms with Gasteiger partial charge in [-0.15, -0.1) is 0 Å². The zero-order chi connectivity index (χ0) is 29.1. The minimum atomic E-state index is -4.62. The first-order valence-electron chi connectivity index (χ1n) is 12.2. The van der Waals surface area contributed by atoms with E-state index in [-0.39, 0.29) is 5.69 Å². The van der Waals surface area contributed by atoms with Gasteiger partial charge < -0.3 is 15.2 Å². The molecule has 2 amide bonds. The molecule has 1 aromatic heterocycles. The van der Waals surface area contributed by atoms with Crippen LogP contribution in [0.2, 0.25) is 0 Å². The number of carbonyl (C=O) groups excluding carboxylic acids is 2. The molecule has 4 rings (SSSR count). The van der Waals surface area contributed by atoms with Crippen molar-refractivity contribution in [3.63, 3.8) is 0 Å². The smallest absolute Gasteiger partial charge is 0.422 e. The van der Waals surface area contributed by atoms with E-state index in [1.165, 1.54) is 26.8 Å². The molecule has 0 aliphatic rings. The standard InChI is InChI=1S/C28H28N4O7S/c1-28(2,3)39-27(36)32-40(37,38)31-23(26(34)35)16-29-25(33)22-15-14-18-10-7-13-21(24(18)30-22)20-12-6-9-17-8-4-5-11-19(17)20/h4-15,23,31H,16H2,1-3H3,(H,29,33)(H,32,36)(H,34,35). The monoisotopic (exact) mass is 564 g/mol. The van der Waals surface area contributed by atoms with Crippen LogP contribution in [0.15, 0.2) is 72.8 Å². The highest BCUT2D eigenvalue weighted by Gasteiger charge is 2.28. The van der Waals surface area contributed by atoms with Crippen LogP contribution < -0.4 is 14.8 Å². The predicted octanol–water partition coefficient (Wildman–Crippen LogP) is 3.60. The number of nitrogens with zero attached hydrogens (tertiary/aromatic N) is 1. The Morgan fingerprint density at radius 2 is 1.55 bits per heavy atom. The van der Waals surface area contributed by atoms with Gasteiger partial charge in [0.25, 0.3) is 5.91 Å². The van der Waals surface area contributed by atoms with Crippen molar-refractivity contribution in [1.82, 2.24) is 19.7 Å². The largest absolute Gasteiger partial charge is 0.480 e. The third-order valence-electron chi connectivity index (χ3n) is 5.71. The Labute approximate surface area is 230 Å². The van der Waals surface area contributed by atoms with Gasteiger partial charge in [0.2, 0.25) is 0 Å². The van der Waals surface area contributed by atoms with Gasteiger partial charge in [-0.2, -0.15) is 13.1 Å². The highest BCUT2D eigenvalue weighted by Crippen LogP contribution is 2.33. The van der Waals surface area contributed by atoms with Crippen molar-refractivity contribution in [2.75, 3.05) is 6.54 Å². The summed E-state index contributed by atoms with van der Waals surface area (Å²) in [5.74, 6) is -2.28. The normalized spacial score (nSPS) is 12.6. The van der Waals surface area contributed by atoms with Crippen LogP contribution in [0.4, 0.5) is 4.79 Å². The fourth-order valence-corrected chi connectivity index (χ4v) is 4.92. The van der Waals surface area contributed by atoms with Crippen molar-refractivity contribution in [2.24, 2.45) is 0 Å². The second-order valence-electron chi connectivity index (χ2n) is 9.93. The van der Waals surface area contributed by atoms with Gasteiger partial charge >= 0.3 is 22.3 Å². The van der Waals surface area contributed by atoms with E-state index in [4.69, 9.17) is 4.74 Å². The molecular weight excluding hydrogens is 536 g/mol. The molecule has 0 aliphatic heterocycles. The van der Waals surface area contributed by atoms with Crippen LogP contribution in [-0.2, 0) is 19.7 Å². The fraction of sp³-hybridized carbons (Fsp3) is 0.214.